The molecule has 0 aliphatic heterocycles. The first-order chi connectivity index (χ1) is 9.36. The second-order valence-corrected chi connectivity index (χ2v) is 6.10. The van der Waals surface area contributed by atoms with Crippen molar-refractivity contribution < 1.29 is 19.1 Å². The zero-order valence-electron chi connectivity index (χ0n) is 13.6. The lowest BCUT2D eigenvalue weighted by Crippen LogP contribution is -2.20. The van der Waals surface area contributed by atoms with Crippen molar-refractivity contribution in [1.29, 1.82) is 0 Å². The van der Waals surface area contributed by atoms with Crippen LogP contribution in [-0.4, -0.2) is 25.2 Å². The van der Waals surface area contributed by atoms with Gasteiger partial charge in [0.2, 0.25) is 0 Å². The number of hydrogen-bond acceptors (Lipinski definition) is 4. The first-order valence-corrected chi connectivity index (χ1v) is 7.69. The maximum Gasteiger partial charge on any atom is 0.308 e. The van der Waals surface area contributed by atoms with E-state index in [1.54, 1.807) is 0 Å². The van der Waals surface area contributed by atoms with Gasteiger partial charge in [0, 0.05) is 6.42 Å². The van der Waals surface area contributed by atoms with Crippen LogP contribution in [0.3, 0.4) is 0 Å². The van der Waals surface area contributed by atoms with Crippen molar-refractivity contribution in [2.75, 3.05) is 13.2 Å². The third-order valence-electron chi connectivity index (χ3n) is 2.90. The molecule has 0 saturated heterocycles. The molecule has 1 unspecified atom stereocenters. The average Bonchev–Trinajstić information content (AvgIpc) is 2.38. The van der Waals surface area contributed by atoms with E-state index >= 15 is 0 Å². The highest BCUT2D eigenvalue weighted by Crippen LogP contribution is 2.15. The molecule has 0 bridgehead atoms. The van der Waals surface area contributed by atoms with Crippen molar-refractivity contribution in [2.45, 2.75) is 60.3 Å². The molecule has 0 fully saturated rings. The van der Waals surface area contributed by atoms with Crippen molar-refractivity contribution in [3.05, 3.63) is 0 Å². The number of esters is 2. The van der Waals surface area contributed by atoms with Gasteiger partial charge in [0.1, 0.15) is 0 Å². The minimum atomic E-state index is -0.177. The summed E-state index contributed by atoms with van der Waals surface area (Å²) in [5.41, 5.74) is 0. The standard InChI is InChI=1S/C16H30O4/c1-6-14(16(18)20-11-13(4)5)8-7-9-15(17)19-10-12(2)3/h12-14H,6-11H2,1-5H3. The second-order valence-electron chi connectivity index (χ2n) is 6.10. The van der Waals surface area contributed by atoms with Crippen molar-refractivity contribution in [3.8, 4) is 0 Å². The van der Waals surface area contributed by atoms with Gasteiger partial charge in [-0.3, -0.25) is 9.59 Å². The Morgan fingerprint density at radius 1 is 0.950 bits per heavy atom. The molecular formula is C16H30O4. The average molecular weight is 286 g/mol. The highest BCUT2D eigenvalue weighted by atomic mass is 16.5. The summed E-state index contributed by atoms with van der Waals surface area (Å²) >= 11 is 0. The highest BCUT2D eigenvalue weighted by molar-refractivity contribution is 5.72. The van der Waals surface area contributed by atoms with E-state index in [1.807, 2.05) is 34.6 Å². The highest BCUT2D eigenvalue weighted by Gasteiger charge is 2.18. The quantitative estimate of drug-likeness (QED) is 0.576. The Morgan fingerprint density at radius 3 is 2.00 bits per heavy atom. The molecule has 0 spiro atoms. The van der Waals surface area contributed by atoms with Gasteiger partial charge in [-0.25, -0.2) is 0 Å². The molecule has 1 atom stereocenters. The van der Waals surface area contributed by atoms with Crippen LogP contribution in [0, 0.1) is 17.8 Å². The van der Waals surface area contributed by atoms with Crippen LogP contribution in [0.1, 0.15) is 60.3 Å². The smallest absolute Gasteiger partial charge is 0.308 e. The molecule has 0 aromatic carbocycles. The van der Waals surface area contributed by atoms with E-state index in [9.17, 15) is 9.59 Å². The number of ether oxygens (including phenoxy) is 2. The summed E-state index contributed by atoms with van der Waals surface area (Å²) in [4.78, 5) is 23.3. The zero-order chi connectivity index (χ0) is 15.5. The third kappa shape index (κ3) is 9.82. The largest absolute Gasteiger partial charge is 0.465 e. The summed E-state index contributed by atoms with van der Waals surface area (Å²) in [7, 11) is 0. The molecule has 0 aromatic heterocycles. The molecule has 0 amide bonds. The Balaban J connectivity index is 3.89. The first-order valence-electron chi connectivity index (χ1n) is 7.69. The Hall–Kier alpha value is -1.06. The maximum absolute atomic E-state index is 11.8. The molecule has 0 aliphatic rings. The van der Waals surface area contributed by atoms with Crippen LogP contribution in [0.5, 0.6) is 0 Å². The number of hydrogen-bond donors (Lipinski definition) is 0. The molecular weight excluding hydrogens is 256 g/mol. The van der Waals surface area contributed by atoms with Crippen LogP contribution in [0.2, 0.25) is 0 Å². The lowest BCUT2D eigenvalue weighted by Gasteiger charge is -2.15. The van der Waals surface area contributed by atoms with E-state index in [2.05, 4.69) is 0 Å². The van der Waals surface area contributed by atoms with Crippen LogP contribution in [0.25, 0.3) is 0 Å². The molecule has 4 heteroatoms. The fourth-order valence-electron chi connectivity index (χ4n) is 1.68. The Bertz CT molecular complexity index is 284. The van der Waals surface area contributed by atoms with Crippen LogP contribution < -0.4 is 0 Å². The number of carbonyl (C=O) groups excluding carboxylic acids is 2. The van der Waals surface area contributed by atoms with Gasteiger partial charge in [-0.1, -0.05) is 34.6 Å². The van der Waals surface area contributed by atoms with E-state index in [4.69, 9.17) is 9.47 Å². The van der Waals surface area contributed by atoms with Crippen LogP contribution >= 0.6 is 0 Å². The normalized spacial score (nSPS) is 12.6. The van der Waals surface area contributed by atoms with E-state index in [0.29, 0.717) is 44.3 Å². The molecule has 0 N–H and O–H groups in total. The molecule has 0 rings (SSSR count). The van der Waals surface area contributed by atoms with Crippen LogP contribution in [0.4, 0.5) is 0 Å². The molecule has 4 nitrogen and oxygen atoms in total. The SMILES string of the molecule is CCC(CCCC(=O)OCC(C)C)C(=O)OCC(C)C. The van der Waals surface area contributed by atoms with Crippen LogP contribution in [-0.2, 0) is 19.1 Å². The van der Waals surface area contributed by atoms with Crippen molar-refractivity contribution >= 4 is 11.9 Å². The Labute approximate surface area is 123 Å². The Morgan fingerprint density at radius 2 is 1.50 bits per heavy atom. The summed E-state index contributed by atoms with van der Waals surface area (Å²) < 4.78 is 10.3. The molecule has 0 aliphatic carbocycles. The topological polar surface area (TPSA) is 52.6 Å². The van der Waals surface area contributed by atoms with Gasteiger partial charge in [-0.15, -0.1) is 0 Å². The molecule has 0 radical (unpaired) electrons. The van der Waals surface area contributed by atoms with Crippen molar-refractivity contribution in [2.24, 2.45) is 17.8 Å². The molecule has 118 valence electrons. The fourth-order valence-corrected chi connectivity index (χ4v) is 1.68. The monoisotopic (exact) mass is 286 g/mol. The summed E-state index contributed by atoms with van der Waals surface area (Å²) in [5.74, 6) is 0.281. The third-order valence-corrected chi connectivity index (χ3v) is 2.90. The van der Waals surface area contributed by atoms with Crippen molar-refractivity contribution in [1.82, 2.24) is 0 Å². The zero-order valence-corrected chi connectivity index (χ0v) is 13.6. The maximum atomic E-state index is 11.8. The van der Waals surface area contributed by atoms with Gasteiger partial charge in [0.05, 0.1) is 19.1 Å². The van der Waals surface area contributed by atoms with Gasteiger partial charge >= 0.3 is 11.9 Å². The van der Waals surface area contributed by atoms with Gasteiger partial charge < -0.3 is 9.47 Å². The van der Waals surface area contributed by atoms with Gasteiger partial charge in [-0.05, 0) is 31.1 Å². The lowest BCUT2D eigenvalue weighted by atomic mass is 9.99. The summed E-state index contributed by atoms with van der Waals surface area (Å²) in [6, 6.07) is 0. The lowest BCUT2D eigenvalue weighted by molar-refractivity contribution is -0.151. The van der Waals surface area contributed by atoms with Crippen molar-refractivity contribution in [3.63, 3.8) is 0 Å². The van der Waals surface area contributed by atoms with E-state index in [-0.39, 0.29) is 17.9 Å². The molecule has 0 saturated carbocycles. The second kappa shape index (κ2) is 10.7. The predicted octanol–water partition coefficient (Wildman–Crippen LogP) is 3.58. The van der Waals surface area contributed by atoms with E-state index in [1.165, 1.54) is 0 Å². The summed E-state index contributed by atoms with van der Waals surface area (Å²) in [6.07, 6.45) is 2.48. The van der Waals surface area contributed by atoms with Gasteiger partial charge in [0.25, 0.3) is 0 Å². The van der Waals surface area contributed by atoms with Gasteiger partial charge in [-0.2, -0.15) is 0 Å². The summed E-state index contributed by atoms with van der Waals surface area (Å²) in [5, 5.41) is 0. The molecule has 0 aromatic rings. The van der Waals surface area contributed by atoms with E-state index < -0.39 is 0 Å². The fraction of sp³-hybridized carbons (Fsp3) is 0.875. The Kier molecular flexibility index (Phi) is 10.1. The van der Waals surface area contributed by atoms with Crippen LogP contribution in [0.15, 0.2) is 0 Å². The number of carbonyl (C=O) groups is 2. The van der Waals surface area contributed by atoms with Gasteiger partial charge in [0.15, 0.2) is 0 Å². The first kappa shape index (κ1) is 18.9. The predicted molar refractivity (Wildman–Crippen MR) is 79.2 cm³/mol. The molecule has 0 heterocycles. The number of rotatable bonds is 10. The summed E-state index contributed by atoms with van der Waals surface area (Å²) in [6.45, 7) is 10.9. The minimum absolute atomic E-state index is 0.105. The molecule has 20 heavy (non-hydrogen) atoms. The van der Waals surface area contributed by atoms with E-state index in [0.717, 1.165) is 6.42 Å². The minimum Gasteiger partial charge on any atom is -0.465 e.